The average Bonchev–Trinajstić information content (AvgIpc) is 2.74. The minimum absolute atomic E-state index is 0.00533. The molecular weight excluding hydrogens is 285 g/mol. The molecule has 0 aliphatic heterocycles. The number of hydrogen-bond acceptors (Lipinski definition) is 3. The first-order valence-corrected chi connectivity index (χ1v) is 6.87. The Hall–Kier alpha value is -1.73. The second-order valence-corrected chi connectivity index (χ2v) is 5.25. The fraction of sp³-hybridized carbons (Fsp3) is 0.692. The number of aromatic amines is 1. The molecule has 0 fully saturated rings. The zero-order valence-electron chi connectivity index (χ0n) is 12.4. The fourth-order valence-corrected chi connectivity index (χ4v) is 1.93. The molecule has 1 amide bonds. The first kappa shape index (κ1) is 17.3. The Morgan fingerprint density at radius 2 is 2.05 bits per heavy atom. The molecule has 0 bridgehead atoms. The highest BCUT2D eigenvalue weighted by atomic mass is 19.4. The van der Waals surface area contributed by atoms with Crippen LogP contribution in [-0.2, 0) is 0 Å². The number of nitrogen functional groups attached to an aromatic ring is 1. The number of nitrogens with one attached hydrogen (secondary N) is 1. The quantitative estimate of drug-likeness (QED) is 0.848. The third kappa shape index (κ3) is 4.64. The Labute approximate surface area is 121 Å². The number of carbonyl (C=O) groups is 1. The Balaban J connectivity index is 2.99. The molecule has 21 heavy (non-hydrogen) atoms. The summed E-state index contributed by atoms with van der Waals surface area (Å²) in [6.07, 6.45) is -3.27. The van der Waals surface area contributed by atoms with E-state index >= 15 is 0 Å². The van der Waals surface area contributed by atoms with Gasteiger partial charge in [0.2, 0.25) is 0 Å². The van der Waals surface area contributed by atoms with Crippen LogP contribution in [-0.4, -0.2) is 40.3 Å². The third-order valence-corrected chi connectivity index (χ3v) is 3.05. The zero-order chi connectivity index (χ0) is 16.2. The lowest BCUT2D eigenvalue weighted by Gasteiger charge is -2.23. The van der Waals surface area contributed by atoms with Gasteiger partial charge in [0, 0.05) is 6.54 Å². The summed E-state index contributed by atoms with van der Waals surface area (Å²) in [4.78, 5) is 13.0. The smallest absolute Gasteiger partial charge is 0.395 e. The van der Waals surface area contributed by atoms with Gasteiger partial charge in [0.1, 0.15) is 6.54 Å². The van der Waals surface area contributed by atoms with E-state index in [2.05, 4.69) is 10.2 Å². The molecule has 0 aromatic carbocycles. The van der Waals surface area contributed by atoms with Gasteiger partial charge in [0.05, 0.1) is 11.4 Å². The number of halogens is 3. The molecular formula is C13H21F3N4O. The molecule has 0 saturated carbocycles. The van der Waals surface area contributed by atoms with E-state index in [4.69, 9.17) is 5.73 Å². The van der Waals surface area contributed by atoms with Gasteiger partial charge in [-0.1, -0.05) is 27.2 Å². The van der Waals surface area contributed by atoms with Crippen molar-refractivity contribution in [3.8, 4) is 0 Å². The number of carbonyl (C=O) groups excluding carboxylic acids is 1. The minimum Gasteiger partial charge on any atom is -0.395 e. The van der Waals surface area contributed by atoms with Crippen LogP contribution >= 0.6 is 0 Å². The van der Waals surface area contributed by atoms with Crippen LogP contribution in [0.2, 0.25) is 0 Å². The summed E-state index contributed by atoms with van der Waals surface area (Å²) in [5.41, 5.74) is 6.35. The van der Waals surface area contributed by atoms with Crippen molar-refractivity contribution in [2.75, 3.05) is 18.8 Å². The van der Waals surface area contributed by atoms with E-state index in [0.717, 1.165) is 4.90 Å². The van der Waals surface area contributed by atoms with Crippen LogP contribution in [0, 0.1) is 0 Å². The van der Waals surface area contributed by atoms with Gasteiger partial charge in [-0.2, -0.15) is 18.3 Å². The number of anilines is 1. The molecule has 8 heteroatoms. The van der Waals surface area contributed by atoms with Crippen molar-refractivity contribution in [3.05, 3.63) is 11.4 Å². The predicted octanol–water partition coefficient (Wildman–Crippen LogP) is 2.92. The highest BCUT2D eigenvalue weighted by molar-refractivity contribution is 5.97. The second kappa shape index (κ2) is 6.82. The van der Waals surface area contributed by atoms with Gasteiger partial charge < -0.3 is 10.6 Å². The van der Waals surface area contributed by atoms with Crippen LogP contribution in [0.25, 0.3) is 0 Å². The van der Waals surface area contributed by atoms with E-state index in [1.165, 1.54) is 0 Å². The predicted molar refractivity (Wildman–Crippen MR) is 74.0 cm³/mol. The molecule has 0 aliphatic rings. The second-order valence-electron chi connectivity index (χ2n) is 5.25. The molecule has 1 aromatic rings. The Morgan fingerprint density at radius 3 is 2.48 bits per heavy atom. The molecule has 3 N–H and O–H groups in total. The van der Waals surface area contributed by atoms with Crippen LogP contribution in [0.3, 0.4) is 0 Å². The van der Waals surface area contributed by atoms with Crippen molar-refractivity contribution in [2.45, 2.75) is 45.7 Å². The number of H-pyrrole nitrogens is 1. The number of aromatic nitrogens is 2. The number of nitrogens with two attached hydrogens (primary N) is 1. The van der Waals surface area contributed by atoms with Gasteiger partial charge in [-0.15, -0.1) is 0 Å². The molecule has 5 nitrogen and oxygen atoms in total. The number of unbranched alkanes of at least 4 members (excludes halogenated alkanes) is 1. The number of hydrogen-bond donors (Lipinski definition) is 2. The number of amides is 1. The van der Waals surface area contributed by atoms with Gasteiger partial charge in [0.25, 0.3) is 5.91 Å². The normalized spacial score (nSPS) is 12.0. The maximum Gasteiger partial charge on any atom is 0.406 e. The largest absolute Gasteiger partial charge is 0.406 e. The number of alkyl halides is 3. The first-order chi connectivity index (χ1) is 9.67. The first-order valence-electron chi connectivity index (χ1n) is 6.87. The van der Waals surface area contributed by atoms with Gasteiger partial charge >= 0.3 is 6.18 Å². The third-order valence-electron chi connectivity index (χ3n) is 3.05. The summed E-state index contributed by atoms with van der Waals surface area (Å²) in [6.45, 7) is 4.27. The summed E-state index contributed by atoms with van der Waals surface area (Å²) in [5.74, 6) is -0.785. The Morgan fingerprint density at radius 1 is 1.43 bits per heavy atom. The lowest BCUT2D eigenvalue weighted by molar-refractivity contribution is -0.140. The van der Waals surface area contributed by atoms with E-state index in [1.54, 1.807) is 0 Å². The summed E-state index contributed by atoms with van der Waals surface area (Å²) < 4.78 is 37.8. The highest BCUT2D eigenvalue weighted by Crippen LogP contribution is 2.24. The maximum absolute atomic E-state index is 12.6. The van der Waals surface area contributed by atoms with E-state index in [1.807, 2.05) is 20.8 Å². The van der Waals surface area contributed by atoms with Crippen molar-refractivity contribution < 1.29 is 18.0 Å². The van der Waals surface area contributed by atoms with Crippen LogP contribution < -0.4 is 5.73 Å². The lowest BCUT2D eigenvalue weighted by atomic mass is 10.1. The monoisotopic (exact) mass is 306 g/mol. The van der Waals surface area contributed by atoms with E-state index in [-0.39, 0.29) is 23.8 Å². The molecule has 1 heterocycles. The van der Waals surface area contributed by atoms with Crippen LogP contribution in [0.15, 0.2) is 0 Å². The molecule has 0 aliphatic carbocycles. The summed E-state index contributed by atoms with van der Waals surface area (Å²) in [6, 6.07) is 0. The molecule has 0 unspecified atom stereocenters. The lowest BCUT2D eigenvalue weighted by Crippen LogP contribution is -2.40. The number of nitrogens with zero attached hydrogens (tertiary/aromatic N) is 2. The summed E-state index contributed by atoms with van der Waals surface area (Å²) in [7, 11) is 0. The topological polar surface area (TPSA) is 75.0 Å². The molecule has 0 atom stereocenters. The van der Waals surface area contributed by atoms with Crippen molar-refractivity contribution >= 4 is 11.6 Å². The average molecular weight is 306 g/mol. The summed E-state index contributed by atoms with van der Waals surface area (Å²) in [5, 5.41) is 6.41. The molecule has 0 spiro atoms. The Bertz CT molecular complexity index is 482. The van der Waals surface area contributed by atoms with Crippen LogP contribution in [0.5, 0.6) is 0 Å². The molecule has 120 valence electrons. The van der Waals surface area contributed by atoms with Crippen molar-refractivity contribution in [1.29, 1.82) is 0 Å². The minimum atomic E-state index is -4.45. The van der Waals surface area contributed by atoms with Gasteiger partial charge in [-0.05, 0) is 12.3 Å². The summed E-state index contributed by atoms with van der Waals surface area (Å²) >= 11 is 0. The van der Waals surface area contributed by atoms with Gasteiger partial charge in [0.15, 0.2) is 5.69 Å². The van der Waals surface area contributed by atoms with E-state index in [0.29, 0.717) is 18.5 Å². The van der Waals surface area contributed by atoms with Crippen LogP contribution in [0.1, 0.15) is 55.7 Å². The van der Waals surface area contributed by atoms with Gasteiger partial charge in [-0.25, -0.2) is 0 Å². The SMILES string of the molecule is CCCCN(CC(F)(F)F)C(=O)c1n[nH]c(C(C)C)c1N. The molecule has 1 aromatic heterocycles. The molecule has 0 saturated heterocycles. The van der Waals surface area contributed by atoms with Crippen molar-refractivity contribution in [2.24, 2.45) is 0 Å². The fourth-order valence-electron chi connectivity index (χ4n) is 1.93. The number of rotatable bonds is 6. The van der Waals surface area contributed by atoms with Gasteiger partial charge in [-0.3, -0.25) is 9.89 Å². The highest BCUT2D eigenvalue weighted by Gasteiger charge is 2.34. The standard InChI is InChI=1S/C13H21F3N4O/c1-4-5-6-20(7-13(14,15)16)12(21)11-9(17)10(8(2)3)18-19-11/h8H,4-7,17H2,1-3H3,(H,18,19). The molecule has 0 radical (unpaired) electrons. The van der Waals surface area contributed by atoms with Crippen LogP contribution in [0.4, 0.5) is 18.9 Å². The Kier molecular flexibility index (Phi) is 5.62. The van der Waals surface area contributed by atoms with E-state index < -0.39 is 18.6 Å². The van der Waals surface area contributed by atoms with Crippen molar-refractivity contribution in [1.82, 2.24) is 15.1 Å². The van der Waals surface area contributed by atoms with Crippen molar-refractivity contribution in [3.63, 3.8) is 0 Å². The van der Waals surface area contributed by atoms with E-state index in [9.17, 15) is 18.0 Å². The maximum atomic E-state index is 12.6. The zero-order valence-corrected chi connectivity index (χ0v) is 12.4. The molecule has 1 rings (SSSR count).